The van der Waals surface area contributed by atoms with Gasteiger partial charge in [0.15, 0.2) is 5.13 Å². The molecule has 2 aromatic rings. The highest BCUT2D eigenvalue weighted by Gasteiger charge is 2.01. The van der Waals surface area contributed by atoms with E-state index in [2.05, 4.69) is 15.3 Å². The first-order chi connectivity index (χ1) is 6.74. The highest BCUT2D eigenvalue weighted by molar-refractivity contribution is 7.15. The first kappa shape index (κ1) is 9.21. The number of hydrogen-bond acceptors (Lipinski definition) is 5. The van der Waals surface area contributed by atoms with Gasteiger partial charge in [0.05, 0.1) is 12.7 Å². The van der Waals surface area contributed by atoms with Crippen LogP contribution in [0.15, 0.2) is 16.8 Å². The minimum atomic E-state index is 0.584. The molecule has 2 rings (SSSR count). The van der Waals surface area contributed by atoms with E-state index in [-0.39, 0.29) is 0 Å². The van der Waals surface area contributed by atoms with E-state index < -0.39 is 0 Å². The van der Waals surface area contributed by atoms with Gasteiger partial charge in [-0.05, 0) is 13.8 Å². The van der Waals surface area contributed by atoms with Crippen molar-refractivity contribution in [1.29, 1.82) is 0 Å². The Balaban J connectivity index is 1.94. The van der Waals surface area contributed by atoms with E-state index >= 15 is 0 Å². The van der Waals surface area contributed by atoms with Gasteiger partial charge in [0.2, 0.25) is 5.89 Å². The van der Waals surface area contributed by atoms with Crippen LogP contribution in [0.1, 0.15) is 16.5 Å². The largest absolute Gasteiger partial charge is 0.444 e. The second-order valence-electron chi connectivity index (χ2n) is 2.99. The minimum Gasteiger partial charge on any atom is -0.444 e. The van der Waals surface area contributed by atoms with Gasteiger partial charge in [-0.2, -0.15) is 0 Å². The molecule has 74 valence electrons. The van der Waals surface area contributed by atoms with Crippen LogP contribution in [0.25, 0.3) is 0 Å². The fourth-order valence-electron chi connectivity index (χ4n) is 1.07. The lowest BCUT2D eigenvalue weighted by Crippen LogP contribution is -1.98. The zero-order valence-corrected chi connectivity index (χ0v) is 8.89. The Morgan fingerprint density at radius 3 is 2.79 bits per heavy atom. The van der Waals surface area contributed by atoms with Crippen LogP contribution < -0.4 is 5.32 Å². The summed E-state index contributed by atoms with van der Waals surface area (Å²) in [6.45, 7) is 4.49. The summed E-state index contributed by atoms with van der Waals surface area (Å²) < 4.78 is 5.32. The van der Waals surface area contributed by atoms with Crippen LogP contribution in [-0.4, -0.2) is 9.97 Å². The van der Waals surface area contributed by atoms with Gasteiger partial charge in [-0.1, -0.05) is 0 Å². The molecule has 0 bridgehead atoms. The predicted octanol–water partition coefficient (Wildman–Crippen LogP) is 2.36. The Kier molecular flexibility index (Phi) is 2.49. The second-order valence-corrected chi connectivity index (χ2v) is 4.23. The number of aryl methyl sites for hydroxylation is 2. The van der Waals surface area contributed by atoms with Crippen LogP contribution in [0.2, 0.25) is 0 Å². The van der Waals surface area contributed by atoms with Crippen molar-refractivity contribution in [2.75, 3.05) is 5.32 Å². The SMILES string of the molecule is Cc1cnc(CNc2ncc(C)s2)o1. The average molecular weight is 209 g/mol. The highest BCUT2D eigenvalue weighted by Crippen LogP contribution is 2.17. The van der Waals surface area contributed by atoms with Gasteiger partial charge in [-0.25, -0.2) is 9.97 Å². The molecule has 14 heavy (non-hydrogen) atoms. The monoisotopic (exact) mass is 209 g/mol. The summed E-state index contributed by atoms with van der Waals surface area (Å²) in [6.07, 6.45) is 3.55. The Morgan fingerprint density at radius 2 is 2.21 bits per heavy atom. The summed E-state index contributed by atoms with van der Waals surface area (Å²) >= 11 is 1.62. The molecule has 0 unspecified atom stereocenters. The summed E-state index contributed by atoms with van der Waals surface area (Å²) in [6, 6.07) is 0. The third-order valence-electron chi connectivity index (χ3n) is 1.68. The Hall–Kier alpha value is -1.36. The molecule has 0 saturated heterocycles. The topological polar surface area (TPSA) is 51.0 Å². The molecule has 4 nitrogen and oxygen atoms in total. The molecule has 0 saturated carbocycles. The third-order valence-corrected chi connectivity index (χ3v) is 2.55. The predicted molar refractivity (Wildman–Crippen MR) is 55.4 cm³/mol. The normalized spacial score (nSPS) is 10.4. The molecule has 0 aliphatic carbocycles. The second kappa shape index (κ2) is 3.79. The molecule has 2 aromatic heterocycles. The van der Waals surface area contributed by atoms with E-state index in [1.54, 1.807) is 17.5 Å². The number of nitrogens with one attached hydrogen (secondary N) is 1. The van der Waals surface area contributed by atoms with Crippen molar-refractivity contribution in [3.8, 4) is 0 Å². The van der Waals surface area contributed by atoms with Crippen LogP contribution in [0.4, 0.5) is 5.13 Å². The number of oxazole rings is 1. The van der Waals surface area contributed by atoms with Gasteiger partial charge in [-0.15, -0.1) is 11.3 Å². The fraction of sp³-hybridized carbons (Fsp3) is 0.333. The summed E-state index contributed by atoms with van der Waals surface area (Å²) in [5.74, 6) is 1.52. The van der Waals surface area contributed by atoms with Crippen LogP contribution in [0, 0.1) is 13.8 Å². The van der Waals surface area contributed by atoms with Crippen molar-refractivity contribution in [3.05, 3.63) is 28.9 Å². The third kappa shape index (κ3) is 2.11. The smallest absolute Gasteiger partial charge is 0.213 e. The van der Waals surface area contributed by atoms with Crippen molar-refractivity contribution in [1.82, 2.24) is 9.97 Å². The number of hydrogen-bond donors (Lipinski definition) is 1. The molecule has 5 heteroatoms. The van der Waals surface area contributed by atoms with Gasteiger partial charge < -0.3 is 9.73 Å². The van der Waals surface area contributed by atoms with E-state index in [9.17, 15) is 0 Å². The number of rotatable bonds is 3. The van der Waals surface area contributed by atoms with Crippen LogP contribution in [0.3, 0.4) is 0 Å². The maximum atomic E-state index is 5.32. The number of thiazole rings is 1. The standard InChI is InChI=1S/C9H11N3OS/c1-6-3-10-8(13-6)5-12-9-11-4-7(2)14-9/h3-4H,5H2,1-2H3,(H,11,12). The lowest BCUT2D eigenvalue weighted by atomic mass is 10.6. The lowest BCUT2D eigenvalue weighted by molar-refractivity contribution is 0.479. The van der Waals surface area contributed by atoms with Gasteiger partial charge in [-0.3, -0.25) is 0 Å². The number of nitrogens with zero attached hydrogens (tertiary/aromatic N) is 2. The molecule has 0 amide bonds. The van der Waals surface area contributed by atoms with Crippen molar-refractivity contribution < 1.29 is 4.42 Å². The molecule has 1 N–H and O–H groups in total. The molecule has 0 aliphatic heterocycles. The molecule has 2 heterocycles. The Morgan fingerprint density at radius 1 is 1.36 bits per heavy atom. The number of aromatic nitrogens is 2. The molecular weight excluding hydrogens is 198 g/mol. The molecule has 0 aliphatic rings. The molecule has 0 aromatic carbocycles. The van der Waals surface area contributed by atoms with Crippen molar-refractivity contribution in [3.63, 3.8) is 0 Å². The first-order valence-corrected chi connectivity index (χ1v) is 5.13. The molecule has 0 spiro atoms. The van der Waals surface area contributed by atoms with E-state index in [0.29, 0.717) is 12.4 Å². The average Bonchev–Trinajstić information content (AvgIpc) is 2.72. The fourth-order valence-corrected chi connectivity index (χ4v) is 1.73. The van der Waals surface area contributed by atoms with Crippen molar-refractivity contribution in [2.45, 2.75) is 20.4 Å². The van der Waals surface area contributed by atoms with E-state index in [0.717, 1.165) is 10.9 Å². The van der Waals surface area contributed by atoms with Gasteiger partial charge in [0.1, 0.15) is 5.76 Å². The number of anilines is 1. The van der Waals surface area contributed by atoms with Crippen molar-refractivity contribution >= 4 is 16.5 Å². The zero-order valence-electron chi connectivity index (χ0n) is 8.07. The Bertz CT molecular complexity index is 381. The summed E-state index contributed by atoms with van der Waals surface area (Å²) in [7, 11) is 0. The van der Waals surface area contributed by atoms with Gasteiger partial charge >= 0.3 is 0 Å². The highest BCUT2D eigenvalue weighted by atomic mass is 32.1. The quantitative estimate of drug-likeness (QED) is 0.843. The van der Waals surface area contributed by atoms with Crippen LogP contribution in [-0.2, 0) is 6.54 Å². The minimum absolute atomic E-state index is 0.584. The maximum Gasteiger partial charge on any atom is 0.213 e. The summed E-state index contributed by atoms with van der Waals surface area (Å²) in [5, 5.41) is 4.05. The molecule has 0 radical (unpaired) electrons. The van der Waals surface area contributed by atoms with E-state index in [1.807, 2.05) is 20.0 Å². The van der Waals surface area contributed by atoms with Crippen LogP contribution >= 0.6 is 11.3 Å². The summed E-state index contributed by atoms with van der Waals surface area (Å²) in [5.41, 5.74) is 0. The summed E-state index contributed by atoms with van der Waals surface area (Å²) in [4.78, 5) is 9.45. The van der Waals surface area contributed by atoms with Gasteiger partial charge in [0, 0.05) is 11.1 Å². The maximum absolute atomic E-state index is 5.32. The molecule has 0 atom stereocenters. The molecular formula is C9H11N3OS. The van der Waals surface area contributed by atoms with Crippen molar-refractivity contribution in [2.24, 2.45) is 0 Å². The lowest BCUT2D eigenvalue weighted by Gasteiger charge is -1.96. The van der Waals surface area contributed by atoms with Crippen LogP contribution in [0.5, 0.6) is 0 Å². The van der Waals surface area contributed by atoms with E-state index in [4.69, 9.17) is 4.42 Å². The van der Waals surface area contributed by atoms with Gasteiger partial charge in [0.25, 0.3) is 0 Å². The zero-order chi connectivity index (χ0) is 9.97. The molecule has 0 fully saturated rings. The Labute approximate surface area is 86.0 Å². The van der Waals surface area contributed by atoms with E-state index in [1.165, 1.54) is 4.88 Å². The first-order valence-electron chi connectivity index (χ1n) is 4.31.